The van der Waals surface area contributed by atoms with E-state index in [1.54, 1.807) is 0 Å². The molecule has 0 radical (unpaired) electrons. The molecule has 29 heavy (non-hydrogen) atoms. The summed E-state index contributed by atoms with van der Waals surface area (Å²) < 4.78 is 71.2. The van der Waals surface area contributed by atoms with Gasteiger partial charge in [-0.25, -0.2) is 13.2 Å². The first-order chi connectivity index (χ1) is 13.6. The Morgan fingerprint density at radius 1 is 1.14 bits per heavy atom. The molecule has 6 nitrogen and oxygen atoms in total. The molecule has 156 valence electrons. The predicted molar refractivity (Wildman–Crippen MR) is 99.8 cm³/mol. The van der Waals surface area contributed by atoms with E-state index in [2.05, 4.69) is 10.0 Å². The van der Waals surface area contributed by atoms with E-state index < -0.39 is 33.9 Å². The third-order valence-corrected chi connectivity index (χ3v) is 5.86. The monoisotopic (exact) mass is 428 g/mol. The average Bonchev–Trinajstić information content (AvgIpc) is 2.66. The van der Waals surface area contributed by atoms with Gasteiger partial charge in [-0.2, -0.15) is 17.9 Å². The number of halogens is 3. The zero-order chi connectivity index (χ0) is 21.2. The number of fused-ring (bicyclic) bond motifs is 1. The molecular formula is C19H19F3N2O4S. The zero-order valence-corrected chi connectivity index (χ0v) is 16.2. The molecule has 1 atom stereocenters. The van der Waals surface area contributed by atoms with Crippen molar-refractivity contribution in [2.45, 2.75) is 37.0 Å². The molecule has 0 amide bonds. The maximum atomic E-state index is 13.0. The Morgan fingerprint density at radius 2 is 1.83 bits per heavy atom. The third-order valence-electron chi connectivity index (χ3n) is 4.38. The number of carbonyl (C=O) groups excluding carboxylic acids is 1. The van der Waals surface area contributed by atoms with Crippen LogP contribution in [0, 0.1) is 0 Å². The van der Waals surface area contributed by atoms with E-state index in [-0.39, 0.29) is 10.6 Å². The molecule has 10 heteroatoms. The van der Waals surface area contributed by atoms with Gasteiger partial charge in [-0.15, -0.1) is 0 Å². The van der Waals surface area contributed by atoms with E-state index in [0.717, 1.165) is 31.0 Å². The van der Waals surface area contributed by atoms with Crippen molar-refractivity contribution < 1.29 is 31.1 Å². The van der Waals surface area contributed by atoms with Crippen LogP contribution in [-0.4, -0.2) is 21.0 Å². The van der Waals surface area contributed by atoms with Crippen LogP contribution in [0.1, 0.15) is 47.4 Å². The summed E-state index contributed by atoms with van der Waals surface area (Å²) in [5.74, 6) is -0.498. The predicted octanol–water partition coefficient (Wildman–Crippen LogP) is 4.06. The van der Waals surface area contributed by atoms with Crippen molar-refractivity contribution in [2.75, 3.05) is 11.9 Å². The standard InChI is InChI=1S/C19H19F3N2O4S/c1-2-3-10-28-18(25)13-6-4-12(5-7-13)17-23-15-11-14(19(20,21)22)8-9-16(15)29(26,27)24-17/h4-9,11,17,23-24H,2-3,10H2,1H3. The summed E-state index contributed by atoms with van der Waals surface area (Å²) in [7, 11) is -4.01. The summed E-state index contributed by atoms with van der Waals surface area (Å²) in [5, 5.41) is 2.77. The summed E-state index contributed by atoms with van der Waals surface area (Å²) >= 11 is 0. The van der Waals surface area contributed by atoms with Crippen molar-refractivity contribution in [3.8, 4) is 0 Å². The van der Waals surface area contributed by atoms with Gasteiger partial charge in [0.1, 0.15) is 11.1 Å². The van der Waals surface area contributed by atoms with E-state index in [0.29, 0.717) is 17.7 Å². The lowest BCUT2D eigenvalue weighted by molar-refractivity contribution is -0.137. The lowest BCUT2D eigenvalue weighted by Crippen LogP contribution is -2.38. The van der Waals surface area contributed by atoms with Crippen molar-refractivity contribution in [3.05, 3.63) is 59.2 Å². The lowest BCUT2D eigenvalue weighted by atomic mass is 10.1. The molecule has 2 N–H and O–H groups in total. The van der Waals surface area contributed by atoms with Crippen LogP contribution >= 0.6 is 0 Å². The van der Waals surface area contributed by atoms with Crippen LogP contribution in [0.25, 0.3) is 0 Å². The molecular weight excluding hydrogens is 409 g/mol. The second-order valence-electron chi connectivity index (χ2n) is 6.52. The highest BCUT2D eigenvalue weighted by atomic mass is 32.2. The van der Waals surface area contributed by atoms with Gasteiger partial charge in [-0.05, 0) is 42.3 Å². The Kier molecular flexibility index (Phi) is 5.85. The number of unbranched alkanes of at least 4 members (excludes halogenated alkanes) is 1. The molecule has 2 aromatic rings. The Labute approximate surface area is 166 Å². The number of ether oxygens (including phenoxy) is 1. The normalized spacial score (nSPS) is 17.9. The van der Waals surface area contributed by atoms with Gasteiger partial charge in [0, 0.05) is 0 Å². The number of alkyl halides is 3. The summed E-state index contributed by atoms with van der Waals surface area (Å²) in [6.07, 6.45) is -3.95. The van der Waals surface area contributed by atoms with Gasteiger partial charge in [0.05, 0.1) is 23.4 Å². The summed E-state index contributed by atoms with van der Waals surface area (Å²) in [6.45, 7) is 2.27. The average molecular weight is 428 g/mol. The molecule has 3 rings (SSSR count). The second-order valence-corrected chi connectivity index (χ2v) is 8.20. The van der Waals surface area contributed by atoms with E-state index in [4.69, 9.17) is 4.74 Å². The molecule has 0 aromatic heterocycles. The number of carbonyl (C=O) groups is 1. The second kappa shape index (κ2) is 8.03. The fraction of sp³-hybridized carbons (Fsp3) is 0.316. The Bertz CT molecular complexity index is 1010. The van der Waals surface area contributed by atoms with Gasteiger partial charge < -0.3 is 10.1 Å². The molecule has 1 aliphatic rings. The highest BCUT2D eigenvalue weighted by molar-refractivity contribution is 7.89. The first-order valence-electron chi connectivity index (χ1n) is 8.89. The molecule has 0 saturated carbocycles. The van der Waals surface area contributed by atoms with Crippen LogP contribution in [-0.2, 0) is 20.9 Å². The lowest BCUT2D eigenvalue weighted by Gasteiger charge is -2.29. The zero-order valence-electron chi connectivity index (χ0n) is 15.4. The van der Waals surface area contributed by atoms with Crippen molar-refractivity contribution in [1.82, 2.24) is 4.72 Å². The highest BCUT2D eigenvalue weighted by Gasteiger charge is 2.35. The quantitative estimate of drug-likeness (QED) is 0.554. The molecule has 2 aromatic carbocycles. The Morgan fingerprint density at radius 3 is 2.45 bits per heavy atom. The van der Waals surface area contributed by atoms with Gasteiger partial charge in [-0.1, -0.05) is 25.5 Å². The molecule has 0 fully saturated rings. The molecule has 1 aliphatic heterocycles. The number of nitrogens with one attached hydrogen (secondary N) is 2. The largest absolute Gasteiger partial charge is 0.462 e. The van der Waals surface area contributed by atoms with E-state index in [9.17, 15) is 26.4 Å². The third kappa shape index (κ3) is 4.70. The molecule has 0 bridgehead atoms. The molecule has 1 unspecified atom stereocenters. The molecule has 0 spiro atoms. The SMILES string of the molecule is CCCCOC(=O)c1ccc(C2Nc3cc(C(F)(F)F)ccc3S(=O)(=O)N2)cc1. The van der Waals surface area contributed by atoms with Crippen LogP contribution < -0.4 is 10.0 Å². The van der Waals surface area contributed by atoms with Gasteiger partial charge in [-0.3, -0.25) is 0 Å². The van der Waals surface area contributed by atoms with Gasteiger partial charge in [0.25, 0.3) is 0 Å². The minimum absolute atomic E-state index is 0.147. The maximum absolute atomic E-state index is 13.0. The number of sulfonamides is 1. The van der Waals surface area contributed by atoms with E-state index in [1.807, 2.05) is 6.92 Å². The van der Waals surface area contributed by atoms with Gasteiger partial charge in [0.15, 0.2) is 0 Å². The number of hydrogen-bond acceptors (Lipinski definition) is 5. The minimum Gasteiger partial charge on any atom is -0.462 e. The van der Waals surface area contributed by atoms with Crippen LogP contribution in [0.15, 0.2) is 47.4 Å². The summed E-state index contributed by atoms with van der Waals surface area (Å²) in [6, 6.07) is 8.37. The summed E-state index contributed by atoms with van der Waals surface area (Å²) in [5.41, 5.74) is -0.374. The highest BCUT2D eigenvalue weighted by Crippen LogP contribution is 2.37. The van der Waals surface area contributed by atoms with Crippen molar-refractivity contribution in [1.29, 1.82) is 0 Å². The van der Waals surface area contributed by atoms with E-state index >= 15 is 0 Å². The minimum atomic E-state index is -4.60. The first kappa shape index (κ1) is 21.1. The molecule has 0 aliphatic carbocycles. The number of rotatable bonds is 5. The van der Waals surface area contributed by atoms with Gasteiger partial charge >= 0.3 is 12.1 Å². The Hall–Kier alpha value is -2.59. The Balaban J connectivity index is 1.83. The van der Waals surface area contributed by atoms with Crippen LogP contribution in [0.5, 0.6) is 0 Å². The summed E-state index contributed by atoms with van der Waals surface area (Å²) in [4.78, 5) is 11.7. The van der Waals surface area contributed by atoms with Gasteiger partial charge in [0.2, 0.25) is 10.0 Å². The van der Waals surface area contributed by atoms with Crippen molar-refractivity contribution in [2.24, 2.45) is 0 Å². The fourth-order valence-corrected chi connectivity index (χ4v) is 4.10. The molecule has 1 heterocycles. The number of hydrogen-bond donors (Lipinski definition) is 2. The van der Waals surface area contributed by atoms with Crippen molar-refractivity contribution >= 4 is 21.7 Å². The van der Waals surface area contributed by atoms with Crippen LogP contribution in [0.2, 0.25) is 0 Å². The smallest absolute Gasteiger partial charge is 0.416 e. The number of benzene rings is 2. The topological polar surface area (TPSA) is 84.5 Å². The number of esters is 1. The maximum Gasteiger partial charge on any atom is 0.416 e. The van der Waals surface area contributed by atoms with Crippen molar-refractivity contribution in [3.63, 3.8) is 0 Å². The molecule has 0 saturated heterocycles. The van der Waals surface area contributed by atoms with Crippen LogP contribution in [0.4, 0.5) is 18.9 Å². The van der Waals surface area contributed by atoms with E-state index in [1.165, 1.54) is 24.3 Å². The fourth-order valence-electron chi connectivity index (χ4n) is 2.81. The van der Waals surface area contributed by atoms with Crippen LogP contribution in [0.3, 0.4) is 0 Å². The first-order valence-corrected chi connectivity index (χ1v) is 10.4. The number of anilines is 1.